The maximum atomic E-state index is 6.23. The molecule has 0 atom stereocenters. The van der Waals surface area contributed by atoms with E-state index in [0.717, 1.165) is 36.6 Å². The zero-order chi connectivity index (χ0) is 14.4. The van der Waals surface area contributed by atoms with Crippen LogP contribution in [0.1, 0.15) is 26.2 Å². The number of ether oxygens (including phenoxy) is 1. The fourth-order valence-corrected chi connectivity index (χ4v) is 2.62. The lowest BCUT2D eigenvalue weighted by Gasteiger charge is -2.25. The minimum atomic E-state index is 0.713. The zero-order valence-corrected chi connectivity index (χ0v) is 12.8. The van der Waals surface area contributed by atoms with Gasteiger partial charge in [0.2, 0.25) is 0 Å². The van der Waals surface area contributed by atoms with Crippen LogP contribution in [0.2, 0.25) is 0 Å². The van der Waals surface area contributed by atoms with E-state index < -0.39 is 0 Å². The van der Waals surface area contributed by atoms with Crippen molar-refractivity contribution in [1.82, 2.24) is 4.90 Å². The highest BCUT2D eigenvalue weighted by Crippen LogP contribution is 2.31. The Morgan fingerprint density at radius 3 is 2.75 bits per heavy atom. The van der Waals surface area contributed by atoms with Crippen LogP contribution >= 0.6 is 0 Å². The molecule has 1 aromatic carbocycles. The molecule has 1 heterocycles. The highest BCUT2D eigenvalue weighted by Gasteiger charge is 2.14. The fraction of sp³-hybridized carbons (Fsp3) is 0.625. The number of anilines is 2. The van der Waals surface area contributed by atoms with E-state index in [9.17, 15) is 0 Å². The van der Waals surface area contributed by atoms with Crippen molar-refractivity contribution in [1.29, 1.82) is 0 Å². The normalized spacial score (nSPS) is 15.5. The van der Waals surface area contributed by atoms with Crippen molar-refractivity contribution in [3.8, 4) is 5.75 Å². The van der Waals surface area contributed by atoms with Crippen LogP contribution in [0.5, 0.6) is 5.75 Å². The second kappa shape index (κ2) is 7.39. The number of nitrogens with two attached hydrogens (primary N) is 1. The molecule has 0 amide bonds. The molecule has 0 spiro atoms. The van der Waals surface area contributed by atoms with E-state index >= 15 is 0 Å². The summed E-state index contributed by atoms with van der Waals surface area (Å²) < 4.78 is 5.69. The Hall–Kier alpha value is -1.42. The van der Waals surface area contributed by atoms with Crippen molar-refractivity contribution in [2.45, 2.75) is 26.2 Å². The molecule has 112 valence electrons. The quantitative estimate of drug-likeness (QED) is 0.778. The second-order valence-electron chi connectivity index (χ2n) is 5.51. The number of nitrogens with zero attached hydrogens (tertiary/aromatic N) is 2. The molecule has 2 rings (SSSR count). The Morgan fingerprint density at radius 2 is 2.05 bits per heavy atom. The molecule has 4 nitrogen and oxygen atoms in total. The molecule has 1 aliphatic rings. The van der Waals surface area contributed by atoms with Crippen LogP contribution in [-0.2, 0) is 0 Å². The molecular formula is C16H27N3O. The lowest BCUT2D eigenvalue weighted by molar-refractivity contribution is 0.319. The minimum absolute atomic E-state index is 0.713. The maximum absolute atomic E-state index is 6.23. The first-order chi connectivity index (χ1) is 9.72. The van der Waals surface area contributed by atoms with Crippen LogP contribution in [0.4, 0.5) is 11.4 Å². The summed E-state index contributed by atoms with van der Waals surface area (Å²) in [7, 11) is 2.10. The Labute approximate surface area is 122 Å². The number of likely N-dealkylation sites (tertiary alicyclic amines) is 1. The number of para-hydroxylation sites is 1. The number of hydrogen-bond donors (Lipinski definition) is 1. The molecule has 20 heavy (non-hydrogen) atoms. The number of benzene rings is 1. The van der Waals surface area contributed by atoms with Gasteiger partial charge in [-0.2, -0.15) is 0 Å². The van der Waals surface area contributed by atoms with Crippen LogP contribution in [0, 0.1) is 0 Å². The SMILES string of the molecule is CCCOc1cccc(N(C)CCN2CCCC2)c1N. The van der Waals surface area contributed by atoms with Gasteiger partial charge in [0.1, 0.15) is 5.75 Å². The summed E-state index contributed by atoms with van der Waals surface area (Å²) in [5, 5.41) is 0. The van der Waals surface area contributed by atoms with E-state index in [1.165, 1.54) is 25.9 Å². The summed E-state index contributed by atoms with van der Waals surface area (Å²) in [5.41, 5.74) is 8.05. The smallest absolute Gasteiger partial charge is 0.144 e. The van der Waals surface area contributed by atoms with Gasteiger partial charge in [-0.3, -0.25) is 0 Å². The van der Waals surface area contributed by atoms with Gasteiger partial charge in [0.15, 0.2) is 0 Å². The summed E-state index contributed by atoms with van der Waals surface area (Å²) in [5.74, 6) is 0.803. The topological polar surface area (TPSA) is 41.7 Å². The Balaban J connectivity index is 1.95. The lowest BCUT2D eigenvalue weighted by atomic mass is 10.2. The summed E-state index contributed by atoms with van der Waals surface area (Å²) in [6, 6.07) is 6.03. The van der Waals surface area contributed by atoms with E-state index in [-0.39, 0.29) is 0 Å². The summed E-state index contributed by atoms with van der Waals surface area (Å²) in [4.78, 5) is 4.75. The maximum Gasteiger partial charge on any atom is 0.144 e. The number of nitrogen functional groups attached to an aromatic ring is 1. The fourth-order valence-electron chi connectivity index (χ4n) is 2.62. The second-order valence-corrected chi connectivity index (χ2v) is 5.51. The first-order valence-electron chi connectivity index (χ1n) is 7.67. The van der Waals surface area contributed by atoms with Gasteiger partial charge in [-0.05, 0) is 44.5 Å². The van der Waals surface area contributed by atoms with Gasteiger partial charge in [0.05, 0.1) is 18.0 Å². The van der Waals surface area contributed by atoms with Gasteiger partial charge in [0, 0.05) is 20.1 Å². The molecule has 0 unspecified atom stereocenters. The third kappa shape index (κ3) is 3.79. The van der Waals surface area contributed by atoms with Crippen LogP contribution in [0.3, 0.4) is 0 Å². The summed E-state index contributed by atoms with van der Waals surface area (Å²) in [6.07, 6.45) is 3.67. The van der Waals surface area contributed by atoms with Gasteiger partial charge in [0.25, 0.3) is 0 Å². The van der Waals surface area contributed by atoms with Gasteiger partial charge < -0.3 is 20.3 Å². The molecule has 1 fully saturated rings. The van der Waals surface area contributed by atoms with E-state index in [4.69, 9.17) is 10.5 Å². The van der Waals surface area contributed by atoms with Crippen molar-refractivity contribution < 1.29 is 4.74 Å². The third-order valence-electron chi connectivity index (χ3n) is 3.87. The van der Waals surface area contributed by atoms with Crippen molar-refractivity contribution in [2.24, 2.45) is 0 Å². The molecule has 0 radical (unpaired) electrons. The van der Waals surface area contributed by atoms with Crippen molar-refractivity contribution in [3.63, 3.8) is 0 Å². The van der Waals surface area contributed by atoms with E-state index in [1.807, 2.05) is 12.1 Å². The zero-order valence-electron chi connectivity index (χ0n) is 12.8. The molecule has 0 bridgehead atoms. The van der Waals surface area contributed by atoms with Crippen LogP contribution in [0.15, 0.2) is 18.2 Å². The predicted octanol–water partition coefficient (Wildman–Crippen LogP) is 2.59. The van der Waals surface area contributed by atoms with Gasteiger partial charge in [-0.15, -0.1) is 0 Å². The number of hydrogen-bond acceptors (Lipinski definition) is 4. The Bertz CT molecular complexity index is 416. The first-order valence-corrected chi connectivity index (χ1v) is 7.67. The number of likely N-dealkylation sites (N-methyl/N-ethyl adjacent to an activating group) is 1. The standard InChI is InChI=1S/C16H27N3O/c1-3-13-20-15-8-6-7-14(16(15)17)18(2)11-12-19-9-4-5-10-19/h6-8H,3-5,9-13,17H2,1-2H3. The third-order valence-corrected chi connectivity index (χ3v) is 3.87. The molecule has 1 aromatic rings. The monoisotopic (exact) mass is 277 g/mol. The Morgan fingerprint density at radius 1 is 1.30 bits per heavy atom. The molecule has 4 heteroatoms. The molecule has 2 N–H and O–H groups in total. The molecule has 1 aliphatic heterocycles. The lowest BCUT2D eigenvalue weighted by Crippen LogP contribution is -2.31. The van der Waals surface area contributed by atoms with E-state index in [2.05, 4.69) is 29.8 Å². The minimum Gasteiger partial charge on any atom is -0.491 e. The van der Waals surface area contributed by atoms with Gasteiger partial charge in [-0.25, -0.2) is 0 Å². The molecular weight excluding hydrogens is 250 g/mol. The first kappa shape index (κ1) is 15.0. The largest absolute Gasteiger partial charge is 0.491 e. The van der Waals surface area contributed by atoms with Crippen molar-refractivity contribution in [2.75, 3.05) is 50.5 Å². The van der Waals surface area contributed by atoms with Crippen molar-refractivity contribution >= 4 is 11.4 Å². The van der Waals surface area contributed by atoms with Gasteiger partial charge in [-0.1, -0.05) is 13.0 Å². The Kier molecular flexibility index (Phi) is 5.53. The average molecular weight is 277 g/mol. The van der Waals surface area contributed by atoms with Crippen LogP contribution in [-0.4, -0.2) is 44.7 Å². The molecule has 0 aromatic heterocycles. The highest BCUT2D eigenvalue weighted by molar-refractivity contribution is 5.73. The predicted molar refractivity (Wildman–Crippen MR) is 85.6 cm³/mol. The average Bonchev–Trinajstić information content (AvgIpc) is 2.97. The highest BCUT2D eigenvalue weighted by atomic mass is 16.5. The van der Waals surface area contributed by atoms with Crippen molar-refractivity contribution in [3.05, 3.63) is 18.2 Å². The summed E-state index contributed by atoms with van der Waals surface area (Å²) in [6.45, 7) is 7.40. The number of rotatable bonds is 7. The molecule has 1 saturated heterocycles. The van der Waals surface area contributed by atoms with Crippen LogP contribution < -0.4 is 15.4 Å². The van der Waals surface area contributed by atoms with E-state index in [0.29, 0.717) is 6.61 Å². The molecule has 0 saturated carbocycles. The van der Waals surface area contributed by atoms with Crippen LogP contribution in [0.25, 0.3) is 0 Å². The summed E-state index contributed by atoms with van der Waals surface area (Å²) >= 11 is 0. The molecule has 0 aliphatic carbocycles. The van der Waals surface area contributed by atoms with Gasteiger partial charge >= 0.3 is 0 Å². The van der Waals surface area contributed by atoms with E-state index in [1.54, 1.807) is 0 Å².